The van der Waals surface area contributed by atoms with Crippen molar-refractivity contribution < 1.29 is 33.3 Å². The van der Waals surface area contributed by atoms with E-state index in [1.807, 2.05) is 0 Å². The zero-order chi connectivity index (χ0) is 18.3. The number of hydrogen-bond donors (Lipinski definition) is 1. The van der Waals surface area contributed by atoms with Crippen molar-refractivity contribution in [3.8, 4) is 5.75 Å². The van der Waals surface area contributed by atoms with Gasteiger partial charge in [-0.1, -0.05) is 0 Å². The van der Waals surface area contributed by atoms with E-state index >= 15 is 0 Å². The smallest absolute Gasteiger partial charge is 0.451 e. The lowest BCUT2D eigenvalue weighted by atomic mass is 9.98. The summed E-state index contributed by atoms with van der Waals surface area (Å²) in [6, 6.07) is 1.25. The van der Waals surface area contributed by atoms with E-state index in [2.05, 4.69) is 14.9 Å². The summed E-state index contributed by atoms with van der Waals surface area (Å²) in [5.41, 5.74) is 2.12. The van der Waals surface area contributed by atoms with Crippen LogP contribution in [0.25, 0.3) is 0 Å². The molecule has 11 heteroatoms. The van der Waals surface area contributed by atoms with E-state index in [-0.39, 0.29) is 23.5 Å². The number of hydrogen-bond acceptors (Lipinski definition) is 9. The molecule has 4 rings (SSSR count). The third-order valence-electron chi connectivity index (χ3n) is 4.47. The summed E-state index contributed by atoms with van der Waals surface area (Å²) in [7, 11) is 1.15. The zero-order valence-corrected chi connectivity index (χ0v) is 13.9. The molecule has 26 heavy (non-hydrogen) atoms. The highest BCUT2D eigenvalue weighted by Crippen LogP contribution is 2.32. The Morgan fingerprint density at radius 1 is 1.42 bits per heavy atom. The number of pyridine rings is 1. The molecule has 0 bridgehead atoms. The monoisotopic (exact) mass is 367 g/mol. The van der Waals surface area contributed by atoms with E-state index in [1.54, 1.807) is 4.90 Å². The van der Waals surface area contributed by atoms with Crippen LogP contribution in [0.2, 0.25) is 0 Å². The van der Waals surface area contributed by atoms with Crippen LogP contribution in [-0.2, 0) is 18.9 Å². The van der Waals surface area contributed by atoms with Crippen molar-refractivity contribution in [3.05, 3.63) is 28.2 Å². The number of nitrogens with zero attached hydrogens (tertiary/aromatic N) is 2. The highest BCUT2D eigenvalue weighted by Gasteiger charge is 2.50. The second-order valence-corrected chi connectivity index (χ2v) is 6.15. The number of aromatic nitrogens is 1. The summed E-state index contributed by atoms with van der Waals surface area (Å²) in [4.78, 5) is 37.8. The molecule has 3 aliphatic heterocycles. The molecule has 1 amide bonds. The van der Waals surface area contributed by atoms with Crippen LogP contribution in [0.4, 0.5) is 4.79 Å². The molecular weight excluding hydrogens is 350 g/mol. The molecular formula is C15H17N3O8. The molecule has 140 valence electrons. The van der Waals surface area contributed by atoms with E-state index in [0.717, 1.165) is 7.11 Å². The topological polar surface area (TPSA) is 118 Å². The number of rotatable bonds is 3. The van der Waals surface area contributed by atoms with Gasteiger partial charge in [0.2, 0.25) is 18.0 Å². The van der Waals surface area contributed by atoms with Crippen LogP contribution < -0.4 is 15.6 Å². The van der Waals surface area contributed by atoms with Crippen LogP contribution in [0.15, 0.2) is 17.1 Å². The third-order valence-corrected chi connectivity index (χ3v) is 4.47. The average molecular weight is 367 g/mol. The van der Waals surface area contributed by atoms with Crippen molar-refractivity contribution in [2.75, 3.05) is 45.7 Å². The molecule has 0 aromatic carbocycles. The number of carbonyl (C=O) groups excluding carboxylic acids is 2. The van der Waals surface area contributed by atoms with Gasteiger partial charge < -0.3 is 34.0 Å². The lowest BCUT2D eigenvalue weighted by Crippen LogP contribution is -2.70. The first kappa shape index (κ1) is 16.7. The third kappa shape index (κ3) is 2.65. The Morgan fingerprint density at radius 3 is 2.92 bits per heavy atom. The number of fused-ring (bicyclic) bond motifs is 2. The van der Waals surface area contributed by atoms with Gasteiger partial charge in [0.15, 0.2) is 5.69 Å². The average Bonchev–Trinajstić information content (AvgIpc) is 2.62. The molecule has 1 atom stereocenters. The van der Waals surface area contributed by atoms with Gasteiger partial charge in [0.05, 0.1) is 33.5 Å². The van der Waals surface area contributed by atoms with Crippen LogP contribution in [-0.4, -0.2) is 73.7 Å². The first-order chi connectivity index (χ1) is 12.5. The standard InChI is InChI=1S/C15H17N3O8/c1-22-14(21)25-8-24-12-9(19)2-3-18-11(12)13(20)17-5-15(6-23-7-15)26-4-10(17)16-18/h2-3,10,16H,4-8H2,1H3. The number of carbonyl (C=O) groups is 2. The minimum atomic E-state index is -0.959. The summed E-state index contributed by atoms with van der Waals surface area (Å²) >= 11 is 0. The fourth-order valence-corrected chi connectivity index (χ4v) is 3.09. The van der Waals surface area contributed by atoms with Gasteiger partial charge in [0, 0.05) is 12.3 Å². The van der Waals surface area contributed by atoms with Crippen molar-refractivity contribution in [1.29, 1.82) is 0 Å². The Morgan fingerprint density at radius 2 is 2.23 bits per heavy atom. The van der Waals surface area contributed by atoms with Crippen molar-refractivity contribution >= 4 is 12.1 Å². The maximum atomic E-state index is 13.0. The van der Waals surface area contributed by atoms with Gasteiger partial charge in [0.25, 0.3) is 5.91 Å². The van der Waals surface area contributed by atoms with Crippen LogP contribution in [0.3, 0.4) is 0 Å². The minimum Gasteiger partial charge on any atom is -0.451 e. The van der Waals surface area contributed by atoms with Gasteiger partial charge in [-0.05, 0) is 0 Å². The number of morpholine rings is 1. The van der Waals surface area contributed by atoms with Crippen molar-refractivity contribution in [1.82, 2.24) is 9.58 Å². The van der Waals surface area contributed by atoms with Gasteiger partial charge >= 0.3 is 6.16 Å². The molecule has 2 saturated heterocycles. The molecule has 1 spiro atoms. The molecule has 1 N–H and O–H groups in total. The maximum absolute atomic E-state index is 13.0. The minimum absolute atomic E-state index is 0.0273. The number of methoxy groups -OCH3 is 1. The zero-order valence-electron chi connectivity index (χ0n) is 13.9. The van der Waals surface area contributed by atoms with Crippen molar-refractivity contribution in [2.24, 2.45) is 0 Å². The first-order valence-corrected chi connectivity index (χ1v) is 7.91. The molecule has 0 aliphatic carbocycles. The van der Waals surface area contributed by atoms with Crippen molar-refractivity contribution in [3.63, 3.8) is 0 Å². The van der Waals surface area contributed by atoms with Crippen LogP contribution in [0.5, 0.6) is 5.75 Å². The van der Waals surface area contributed by atoms with E-state index in [4.69, 9.17) is 14.2 Å². The Balaban J connectivity index is 1.60. The second kappa shape index (κ2) is 6.18. The normalized spacial score (nSPS) is 22.6. The summed E-state index contributed by atoms with van der Waals surface area (Å²) < 4.78 is 26.7. The summed E-state index contributed by atoms with van der Waals surface area (Å²) in [5.74, 6) is -0.591. The quantitative estimate of drug-likeness (QED) is 0.535. The molecule has 11 nitrogen and oxygen atoms in total. The SMILES string of the molecule is COC(=O)OCOc1c2n(ccc1=O)NC1COC3(COC3)CN1C2=O. The van der Waals surface area contributed by atoms with Gasteiger partial charge in [0.1, 0.15) is 11.8 Å². The Kier molecular flexibility index (Phi) is 3.96. The van der Waals surface area contributed by atoms with Gasteiger partial charge in [-0.15, -0.1) is 0 Å². The Hall–Kier alpha value is -2.79. The molecule has 1 aromatic heterocycles. The fraction of sp³-hybridized carbons (Fsp3) is 0.533. The number of ether oxygens (including phenoxy) is 5. The molecule has 3 aliphatic rings. The predicted molar refractivity (Wildman–Crippen MR) is 83.4 cm³/mol. The van der Waals surface area contributed by atoms with Crippen LogP contribution in [0.1, 0.15) is 10.5 Å². The summed E-state index contributed by atoms with van der Waals surface area (Å²) in [5, 5.41) is 0. The molecule has 0 radical (unpaired) electrons. The van der Waals surface area contributed by atoms with Crippen LogP contribution in [0, 0.1) is 0 Å². The number of amides is 1. The molecule has 1 unspecified atom stereocenters. The highest BCUT2D eigenvalue weighted by atomic mass is 16.8. The van der Waals surface area contributed by atoms with E-state index in [0.29, 0.717) is 26.4 Å². The highest BCUT2D eigenvalue weighted by molar-refractivity contribution is 5.96. The lowest BCUT2D eigenvalue weighted by molar-refractivity contribution is -0.241. The van der Waals surface area contributed by atoms with E-state index in [1.165, 1.54) is 16.9 Å². The van der Waals surface area contributed by atoms with Crippen LogP contribution >= 0.6 is 0 Å². The van der Waals surface area contributed by atoms with Gasteiger partial charge in [-0.2, -0.15) is 0 Å². The van der Waals surface area contributed by atoms with Gasteiger partial charge in [-0.3, -0.25) is 14.3 Å². The lowest BCUT2D eigenvalue weighted by Gasteiger charge is -2.52. The summed E-state index contributed by atoms with van der Waals surface area (Å²) in [6.45, 7) is 0.909. The second-order valence-electron chi connectivity index (χ2n) is 6.15. The number of nitrogens with one attached hydrogen (secondary N) is 1. The Bertz CT molecular complexity index is 803. The summed E-state index contributed by atoms with van der Waals surface area (Å²) in [6.07, 6.45) is 0.111. The largest absolute Gasteiger partial charge is 0.510 e. The van der Waals surface area contributed by atoms with Crippen molar-refractivity contribution in [2.45, 2.75) is 11.8 Å². The maximum Gasteiger partial charge on any atom is 0.510 e. The predicted octanol–water partition coefficient (Wildman–Crippen LogP) is -0.908. The molecule has 1 aromatic rings. The van der Waals surface area contributed by atoms with E-state index in [9.17, 15) is 14.4 Å². The first-order valence-electron chi connectivity index (χ1n) is 7.91. The molecule has 2 fully saturated rings. The van der Waals surface area contributed by atoms with Gasteiger partial charge in [-0.25, -0.2) is 4.79 Å². The molecule has 0 saturated carbocycles. The van der Waals surface area contributed by atoms with E-state index < -0.39 is 24.0 Å². The molecule has 4 heterocycles. The Labute approximate surface area is 147 Å². The fourth-order valence-electron chi connectivity index (χ4n) is 3.09.